The van der Waals surface area contributed by atoms with Crippen LogP contribution >= 0.6 is 11.6 Å². The molecular formula is C16H15Cl. The smallest absolute Gasteiger partial charge is 0.0406 e. The van der Waals surface area contributed by atoms with E-state index in [1.807, 2.05) is 66.7 Å². The van der Waals surface area contributed by atoms with Gasteiger partial charge in [0.15, 0.2) is 0 Å². The van der Waals surface area contributed by atoms with Crippen LogP contribution in [0.5, 0.6) is 0 Å². The quantitative estimate of drug-likeness (QED) is 0.677. The lowest BCUT2D eigenvalue weighted by Gasteiger charge is -1.92. The Morgan fingerprint density at radius 1 is 0.882 bits per heavy atom. The second-order valence-corrected chi connectivity index (χ2v) is 3.84. The van der Waals surface area contributed by atoms with E-state index in [4.69, 9.17) is 11.6 Å². The topological polar surface area (TPSA) is 0 Å². The lowest BCUT2D eigenvalue weighted by Crippen LogP contribution is -1.70. The number of halogens is 1. The van der Waals surface area contributed by atoms with E-state index in [2.05, 4.69) is 13.2 Å². The van der Waals surface area contributed by atoms with Gasteiger partial charge in [-0.15, -0.1) is 0 Å². The monoisotopic (exact) mass is 242 g/mol. The summed E-state index contributed by atoms with van der Waals surface area (Å²) in [6.07, 6.45) is 1.83. The average Bonchev–Trinajstić information content (AvgIpc) is 2.41. The van der Waals surface area contributed by atoms with Gasteiger partial charge >= 0.3 is 0 Å². The van der Waals surface area contributed by atoms with E-state index in [0.717, 1.165) is 5.56 Å². The van der Waals surface area contributed by atoms with E-state index in [-0.39, 0.29) is 0 Å². The summed E-state index contributed by atoms with van der Waals surface area (Å²) in [5.74, 6) is 0. The molecule has 0 bridgehead atoms. The normalized spacial score (nSPS) is 8.76. The van der Waals surface area contributed by atoms with Crippen LogP contribution in [0.15, 0.2) is 73.8 Å². The zero-order valence-corrected chi connectivity index (χ0v) is 10.4. The molecule has 2 aromatic carbocycles. The minimum atomic E-state index is 0.593. The van der Waals surface area contributed by atoms with Gasteiger partial charge in [-0.2, -0.15) is 0 Å². The fourth-order valence-electron chi connectivity index (χ4n) is 1.21. The standard InChI is InChI=1S/C8H7Cl.C8H8/c1-7(9)8-5-3-2-4-6-8;1-2-8-6-4-3-5-7-8/h2-6H,1H2;2-7H,1H2. The van der Waals surface area contributed by atoms with E-state index in [1.54, 1.807) is 0 Å². The van der Waals surface area contributed by atoms with Crippen LogP contribution in [0.1, 0.15) is 11.1 Å². The molecule has 0 unspecified atom stereocenters. The van der Waals surface area contributed by atoms with Crippen molar-refractivity contribution >= 4 is 22.7 Å². The summed E-state index contributed by atoms with van der Waals surface area (Å²) in [6, 6.07) is 19.7. The molecule has 0 aliphatic heterocycles. The molecule has 1 heteroatoms. The van der Waals surface area contributed by atoms with Crippen LogP contribution < -0.4 is 0 Å². The summed E-state index contributed by atoms with van der Waals surface area (Å²) in [6.45, 7) is 7.22. The molecule has 2 rings (SSSR count). The Balaban J connectivity index is 0.000000171. The van der Waals surface area contributed by atoms with Crippen LogP contribution in [0.25, 0.3) is 11.1 Å². The summed E-state index contributed by atoms with van der Waals surface area (Å²) in [5.41, 5.74) is 2.16. The molecule has 0 saturated carbocycles. The second kappa shape index (κ2) is 7.48. The molecule has 0 aliphatic carbocycles. The lowest BCUT2D eigenvalue weighted by atomic mass is 10.2. The van der Waals surface area contributed by atoms with E-state index in [1.165, 1.54) is 5.56 Å². The van der Waals surface area contributed by atoms with E-state index in [0.29, 0.717) is 5.03 Å². The van der Waals surface area contributed by atoms with Crippen LogP contribution in [-0.4, -0.2) is 0 Å². The van der Waals surface area contributed by atoms with Gasteiger partial charge in [0.2, 0.25) is 0 Å². The number of rotatable bonds is 2. The van der Waals surface area contributed by atoms with Crippen LogP contribution in [0.4, 0.5) is 0 Å². The van der Waals surface area contributed by atoms with Crippen molar-refractivity contribution < 1.29 is 0 Å². The maximum absolute atomic E-state index is 5.61. The van der Waals surface area contributed by atoms with Gasteiger partial charge in [0.25, 0.3) is 0 Å². The third-order valence-corrected chi connectivity index (χ3v) is 2.34. The van der Waals surface area contributed by atoms with Crippen LogP contribution in [0.2, 0.25) is 0 Å². The first-order valence-electron chi connectivity index (χ1n) is 5.31. The lowest BCUT2D eigenvalue weighted by molar-refractivity contribution is 1.66. The van der Waals surface area contributed by atoms with E-state index >= 15 is 0 Å². The van der Waals surface area contributed by atoms with Crippen molar-refractivity contribution in [3.8, 4) is 0 Å². The molecule has 0 spiro atoms. The van der Waals surface area contributed by atoms with E-state index < -0.39 is 0 Å². The highest BCUT2D eigenvalue weighted by molar-refractivity contribution is 6.48. The molecule has 2 aromatic rings. The zero-order valence-electron chi connectivity index (χ0n) is 9.64. The van der Waals surface area contributed by atoms with Crippen molar-refractivity contribution in [3.05, 3.63) is 84.9 Å². The highest BCUT2D eigenvalue weighted by Gasteiger charge is 1.88. The first kappa shape index (κ1) is 13.3. The molecule has 17 heavy (non-hydrogen) atoms. The summed E-state index contributed by atoms with van der Waals surface area (Å²) >= 11 is 5.61. The Morgan fingerprint density at radius 3 is 1.65 bits per heavy atom. The Labute approximate surface area is 108 Å². The van der Waals surface area contributed by atoms with Gasteiger partial charge in [-0.05, 0) is 11.1 Å². The number of hydrogen-bond acceptors (Lipinski definition) is 0. The third kappa shape index (κ3) is 5.19. The van der Waals surface area contributed by atoms with E-state index in [9.17, 15) is 0 Å². The maximum Gasteiger partial charge on any atom is 0.0406 e. The molecule has 0 N–H and O–H groups in total. The first-order chi connectivity index (χ1) is 8.24. The Kier molecular flexibility index (Phi) is 5.84. The fourth-order valence-corrected chi connectivity index (χ4v) is 1.33. The molecule has 0 aliphatic rings. The maximum atomic E-state index is 5.61. The van der Waals surface area contributed by atoms with Crippen molar-refractivity contribution in [1.82, 2.24) is 0 Å². The molecule has 0 heterocycles. The molecule has 0 nitrogen and oxygen atoms in total. The van der Waals surface area contributed by atoms with Crippen molar-refractivity contribution in [2.45, 2.75) is 0 Å². The molecule has 0 amide bonds. The Morgan fingerprint density at radius 2 is 1.35 bits per heavy atom. The van der Waals surface area contributed by atoms with Gasteiger partial charge < -0.3 is 0 Å². The number of benzene rings is 2. The van der Waals surface area contributed by atoms with Crippen LogP contribution in [-0.2, 0) is 0 Å². The molecular weight excluding hydrogens is 228 g/mol. The highest BCUT2D eigenvalue weighted by Crippen LogP contribution is 2.14. The molecule has 0 aromatic heterocycles. The second-order valence-electron chi connectivity index (χ2n) is 3.39. The third-order valence-electron chi connectivity index (χ3n) is 2.12. The van der Waals surface area contributed by atoms with Gasteiger partial charge in [-0.1, -0.05) is 91.5 Å². The van der Waals surface area contributed by atoms with Crippen molar-refractivity contribution in [1.29, 1.82) is 0 Å². The minimum Gasteiger partial charge on any atom is -0.0985 e. The predicted molar refractivity (Wildman–Crippen MR) is 77.9 cm³/mol. The average molecular weight is 243 g/mol. The predicted octanol–water partition coefficient (Wildman–Crippen LogP) is 5.23. The molecule has 86 valence electrons. The van der Waals surface area contributed by atoms with Crippen LogP contribution in [0.3, 0.4) is 0 Å². The molecule has 0 saturated heterocycles. The van der Waals surface area contributed by atoms with Crippen LogP contribution in [0, 0.1) is 0 Å². The largest absolute Gasteiger partial charge is 0.0985 e. The summed E-state index contributed by atoms with van der Waals surface area (Å²) < 4.78 is 0. The SMILES string of the molecule is C=C(Cl)c1ccccc1.C=Cc1ccccc1. The Hall–Kier alpha value is -1.79. The van der Waals surface area contributed by atoms with Crippen molar-refractivity contribution in [3.63, 3.8) is 0 Å². The van der Waals surface area contributed by atoms with Gasteiger partial charge in [-0.3, -0.25) is 0 Å². The fraction of sp³-hybridized carbons (Fsp3) is 0. The zero-order chi connectivity index (χ0) is 12.5. The molecule has 0 atom stereocenters. The van der Waals surface area contributed by atoms with Crippen molar-refractivity contribution in [2.24, 2.45) is 0 Å². The summed E-state index contributed by atoms with van der Waals surface area (Å²) in [7, 11) is 0. The highest BCUT2D eigenvalue weighted by atomic mass is 35.5. The van der Waals surface area contributed by atoms with Crippen molar-refractivity contribution in [2.75, 3.05) is 0 Å². The van der Waals surface area contributed by atoms with Gasteiger partial charge in [0.1, 0.15) is 0 Å². The summed E-state index contributed by atoms with van der Waals surface area (Å²) in [4.78, 5) is 0. The first-order valence-corrected chi connectivity index (χ1v) is 5.69. The minimum absolute atomic E-state index is 0.593. The summed E-state index contributed by atoms with van der Waals surface area (Å²) in [5, 5.41) is 0.593. The number of hydrogen-bond donors (Lipinski definition) is 0. The Bertz CT molecular complexity index is 457. The van der Waals surface area contributed by atoms with Gasteiger partial charge in [-0.25, -0.2) is 0 Å². The van der Waals surface area contributed by atoms with Gasteiger partial charge in [0.05, 0.1) is 0 Å². The molecule has 0 radical (unpaired) electrons. The van der Waals surface area contributed by atoms with Gasteiger partial charge in [0, 0.05) is 5.03 Å². The molecule has 0 fully saturated rings.